The van der Waals surface area contributed by atoms with Gasteiger partial charge in [-0.05, 0) is 25.6 Å². The molecule has 0 bridgehead atoms. The van der Waals surface area contributed by atoms with Crippen LogP contribution in [0.5, 0.6) is 0 Å². The average molecular weight is 308 g/mol. The van der Waals surface area contributed by atoms with Crippen molar-refractivity contribution < 1.29 is 0 Å². The third-order valence-electron chi connectivity index (χ3n) is 3.45. The first-order valence-electron chi connectivity index (χ1n) is 7.62. The molecule has 1 rings (SSSR count). The van der Waals surface area contributed by atoms with Crippen molar-refractivity contribution in [1.82, 2.24) is 9.80 Å². The standard InChI is InChI=1S/C17H29N3S/c1-14(2)13-20(11-10-19(3)4)16(12-17(18)21)15-8-6-5-7-9-15/h5-9,14,16H,10-13H2,1-4H3,(H2,18,21). The van der Waals surface area contributed by atoms with E-state index in [0.717, 1.165) is 26.1 Å². The van der Waals surface area contributed by atoms with Crippen LogP contribution in [0.1, 0.15) is 31.9 Å². The molecule has 1 atom stereocenters. The van der Waals surface area contributed by atoms with E-state index in [0.29, 0.717) is 10.9 Å². The van der Waals surface area contributed by atoms with Crippen LogP contribution >= 0.6 is 12.2 Å². The van der Waals surface area contributed by atoms with Gasteiger partial charge in [0, 0.05) is 32.1 Å². The molecular weight excluding hydrogens is 278 g/mol. The minimum atomic E-state index is 0.269. The lowest BCUT2D eigenvalue weighted by Gasteiger charge is -2.34. The molecule has 0 aliphatic carbocycles. The molecule has 1 aromatic carbocycles. The molecule has 1 aromatic rings. The topological polar surface area (TPSA) is 32.5 Å². The zero-order valence-corrected chi connectivity index (χ0v) is 14.6. The summed E-state index contributed by atoms with van der Waals surface area (Å²) in [4.78, 5) is 5.32. The Balaban J connectivity index is 2.95. The monoisotopic (exact) mass is 307 g/mol. The molecule has 21 heavy (non-hydrogen) atoms. The fourth-order valence-corrected chi connectivity index (χ4v) is 2.65. The third-order valence-corrected chi connectivity index (χ3v) is 3.62. The number of hydrogen-bond donors (Lipinski definition) is 1. The van der Waals surface area contributed by atoms with Gasteiger partial charge in [0.1, 0.15) is 0 Å². The SMILES string of the molecule is CC(C)CN(CCN(C)C)C(CC(N)=S)c1ccccc1. The van der Waals surface area contributed by atoms with Crippen molar-refractivity contribution in [3.63, 3.8) is 0 Å². The van der Waals surface area contributed by atoms with Gasteiger partial charge in [-0.15, -0.1) is 0 Å². The summed E-state index contributed by atoms with van der Waals surface area (Å²) in [5.41, 5.74) is 7.15. The Morgan fingerprint density at radius 1 is 1.14 bits per heavy atom. The summed E-state index contributed by atoms with van der Waals surface area (Å²) in [6.07, 6.45) is 0.736. The largest absolute Gasteiger partial charge is 0.393 e. The molecule has 0 heterocycles. The highest BCUT2D eigenvalue weighted by Crippen LogP contribution is 2.25. The van der Waals surface area contributed by atoms with Gasteiger partial charge in [0.15, 0.2) is 0 Å². The first-order valence-corrected chi connectivity index (χ1v) is 8.03. The van der Waals surface area contributed by atoms with Crippen molar-refractivity contribution in [1.29, 1.82) is 0 Å². The van der Waals surface area contributed by atoms with Crippen molar-refractivity contribution in [2.75, 3.05) is 33.7 Å². The van der Waals surface area contributed by atoms with Gasteiger partial charge in [-0.25, -0.2) is 0 Å². The zero-order valence-electron chi connectivity index (χ0n) is 13.7. The van der Waals surface area contributed by atoms with E-state index in [-0.39, 0.29) is 6.04 Å². The molecule has 0 spiro atoms. The van der Waals surface area contributed by atoms with Gasteiger partial charge in [0.25, 0.3) is 0 Å². The molecule has 0 saturated carbocycles. The Labute approximate surface area is 135 Å². The molecule has 118 valence electrons. The molecule has 2 N–H and O–H groups in total. The van der Waals surface area contributed by atoms with Crippen LogP contribution in [-0.4, -0.2) is 48.5 Å². The van der Waals surface area contributed by atoms with E-state index in [2.05, 4.69) is 62.0 Å². The maximum absolute atomic E-state index is 5.85. The summed E-state index contributed by atoms with van der Waals surface area (Å²) in [7, 11) is 4.22. The van der Waals surface area contributed by atoms with E-state index in [1.54, 1.807) is 0 Å². The molecule has 0 radical (unpaired) electrons. The lowest BCUT2D eigenvalue weighted by Crippen LogP contribution is -2.38. The van der Waals surface area contributed by atoms with Gasteiger partial charge in [0.05, 0.1) is 4.99 Å². The minimum absolute atomic E-state index is 0.269. The zero-order chi connectivity index (χ0) is 15.8. The smallest absolute Gasteiger partial charge is 0.0746 e. The van der Waals surface area contributed by atoms with E-state index in [1.807, 2.05) is 6.07 Å². The molecule has 0 aliphatic heterocycles. The second-order valence-electron chi connectivity index (χ2n) is 6.29. The van der Waals surface area contributed by atoms with Gasteiger partial charge in [-0.2, -0.15) is 0 Å². The van der Waals surface area contributed by atoms with Gasteiger partial charge >= 0.3 is 0 Å². The molecule has 3 nitrogen and oxygen atoms in total. The van der Waals surface area contributed by atoms with Crippen LogP contribution < -0.4 is 5.73 Å². The molecule has 0 fully saturated rings. The predicted octanol–water partition coefficient (Wildman–Crippen LogP) is 2.92. The third kappa shape index (κ3) is 7.02. The first kappa shape index (κ1) is 18.1. The second kappa shape index (κ2) is 9.13. The normalized spacial score (nSPS) is 13.1. The van der Waals surface area contributed by atoms with Crippen LogP contribution in [0.15, 0.2) is 30.3 Å². The predicted molar refractivity (Wildman–Crippen MR) is 95.6 cm³/mol. The summed E-state index contributed by atoms with van der Waals surface area (Å²) in [6.45, 7) is 7.62. The number of nitrogens with two attached hydrogens (primary N) is 1. The molecule has 0 amide bonds. The summed E-state index contributed by atoms with van der Waals surface area (Å²) in [6, 6.07) is 10.8. The summed E-state index contributed by atoms with van der Waals surface area (Å²) in [5, 5.41) is 0. The average Bonchev–Trinajstić information content (AvgIpc) is 2.41. The van der Waals surface area contributed by atoms with Crippen molar-refractivity contribution in [2.45, 2.75) is 26.3 Å². The maximum atomic E-state index is 5.85. The van der Waals surface area contributed by atoms with Crippen molar-refractivity contribution >= 4 is 17.2 Å². The summed E-state index contributed by atoms with van der Waals surface area (Å²) in [5.74, 6) is 0.615. The van der Waals surface area contributed by atoms with E-state index < -0.39 is 0 Å². The molecule has 4 heteroatoms. The Morgan fingerprint density at radius 2 is 1.76 bits per heavy atom. The number of nitrogens with zero attached hydrogens (tertiary/aromatic N) is 2. The second-order valence-corrected chi connectivity index (χ2v) is 6.81. The van der Waals surface area contributed by atoms with Crippen molar-refractivity contribution in [3.8, 4) is 0 Å². The van der Waals surface area contributed by atoms with Gasteiger partial charge < -0.3 is 10.6 Å². The number of rotatable bonds is 9. The lowest BCUT2D eigenvalue weighted by atomic mass is 10.0. The number of benzene rings is 1. The van der Waals surface area contributed by atoms with Crippen LogP contribution in [-0.2, 0) is 0 Å². The maximum Gasteiger partial charge on any atom is 0.0746 e. The molecule has 0 aliphatic rings. The van der Waals surface area contributed by atoms with E-state index in [4.69, 9.17) is 18.0 Å². The van der Waals surface area contributed by atoms with Crippen LogP contribution in [0, 0.1) is 5.92 Å². The Bertz CT molecular complexity index is 417. The number of hydrogen-bond acceptors (Lipinski definition) is 3. The van der Waals surface area contributed by atoms with Gasteiger partial charge in [-0.1, -0.05) is 56.4 Å². The quantitative estimate of drug-likeness (QED) is 0.711. The Hall–Kier alpha value is -0.970. The highest BCUT2D eigenvalue weighted by Gasteiger charge is 2.21. The van der Waals surface area contributed by atoms with Crippen molar-refractivity contribution in [3.05, 3.63) is 35.9 Å². The minimum Gasteiger partial charge on any atom is -0.393 e. The van der Waals surface area contributed by atoms with Crippen LogP contribution in [0.25, 0.3) is 0 Å². The van der Waals surface area contributed by atoms with E-state index in [9.17, 15) is 0 Å². The highest BCUT2D eigenvalue weighted by atomic mass is 32.1. The number of thiocarbonyl (C=S) groups is 1. The lowest BCUT2D eigenvalue weighted by molar-refractivity contribution is 0.163. The Morgan fingerprint density at radius 3 is 2.24 bits per heavy atom. The molecule has 0 saturated heterocycles. The molecule has 0 aromatic heterocycles. The van der Waals surface area contributed by atoms with Gasteiger partial charge in [-0.3, -0.25) is 4.90 Å². The number of likely N-dealkylation sites (N-methyl/N-ethyl adjacent to an activating group) is 1. The summed E-state index contributed by atoms with van der Waals surface area (Å²) < 4.78 is 0. The van der Waals surface area contributed by atoms with Crippen LogP contribution in [0.3, 0.4) is 0 Å². The molecule has 1 unspecified atom stereocenters. The molecular formula is C17H29N3S. The fourth-order valence-electron chi connectivity index (χ4n) is 2.50. The van der Waals surface area contributed by atoms with E-state index in [1.165, 1.54) is 5.56 Å². The highest BCUT2D eigenvalue weighted by molar-refractivity contribution is 7.80. The fraction of sp³-hybridized carbons (Fsp3) is 0.588. The van der Waals surface area contributed by atoms with Gasteiger partial charge in [0.2, 0.25) is 0 Å². The van der Waals surface area contributed by atoms with E-state index >= 15 is 0 Å². The summed E-state index contributed by atoms with van der Waals surface area (Å²) >= 11 is 5.18. The van der Waals surface area contributed by atoms with Crippen molar-refractivity contribution in [2.24, 2.45) is 11.7 Å². The van der Waals surface area contributed by atoms with Crippen LogP contribution in [0.4, 0.5) is 0 Å². The Kier molecular flexibility index (Phi) is 7.86. The first-order chi connectivity index (χ1) is 9.90. The van der Waals surface area contributed by atoms with Crippen LogP contribution in [0.2, 0.25) is 0 Å².